The van der Waals surface area contributed by atoms with Crippen LogP contribution in [-0.4, -0.2) is 48.2 Å². The Morgan fingerprint density at radius 2 is 1.17 bits per heavy atom. The molecule has 0 aliphatic rings. The Kier molecular flexibility index (Phi) is 9.85. The molecule has 23 heavy (non-hydrogen) atoms. The average Bonchev–Trinajstić information content (AvgIpc) is 2.46. The Balaban J connectivity index is 4.14. The summed E-state index contributed by atoms with van der Waals surface area (Å²) >= 11 is 0. The Morgan fingerprint density at radius 3 is 1.48 bits per heavy atom. The number of hydrogen-bond donors (Lipinski definition) is 2. The second kappa shape index (κ2) is 10.5. The molecule has 0 rings (SSSR count). The molecule has 2 N–H and O–H groups in total. The molecule has 0 aliphatic heterocycles. The zero-order chi connectivity index (χ0) is 17.9. The molecule has 0 aromatic rings. The van der Waals surface area contributed by atoms with Crippen molar-refractivity contribution in [2.24, 2.45) is 0 Å². The number of carbonyl (C=O) groups is 2. The summed E-state index contributed by atoms with van der Waals surface area (Å²) in [5.74, 6) is -1.57. The molecule has 0 saturated heterocycles. The van der Waals surface area contributed by atoms with Gasteiger partial charge in [0.05, 0.1) is 13.2 Å². The van der Waals surface area contributed by atoms with E-state index in [1.165, 1.54) is 0 Å². The van der Waals surface area contributed by atoms with Gasteiger partial charge in [-0.25, -0.2) is 18.7 Å². The lowest BCUT2D eigenvalue weighted by atomic mass is 10.6. The number of hydrogen-bond acceptors (Lipinski definition) is 9. The lowest BCUT2D eigenvalue weighted by molar-refractivity contribution is -0.139. The Morgan fingerprint density at radius 1 is 0.826 bits per heavy atom. The van der Waals surface area contributed by atoms with E-state index >= 15 is 0 Å². The monoisotopic (exact) mass is 374 g/mol. The number of carbonyl (C=O) groups excluding carboxylic acids is 2. The molecule has 0 aliphatic carbocycles. The number of phosphoric ester groups is 2. The van der Waals surface area contributed by atoms with Crippen LogP contribution < -0.4 is 0 Å². The summed E-state index contributed by atoms with van der Waals surface area (Å²) in [4.78, 5) is 39.7. The highest BCUT2D eigenvalue weighted by Gasteiger charge is 2.35. The fraction of sp³-hybridized carbons (Fsp3) is 0.400. The first kappa shape index (κ1) is 21.7. The quantitative estimate of drug-likeness (QED) is 0.214. The molecule has 132 valence electrons. The highest BCUT2D eigenvalue weighted by Crippen LogP contribution is 2.60. The second-order valence-electron chi connectivity index (χ2n) is 3.43. The molecule has 2 atom stereocenters. The predicted octanol–water partition coefficient (Wildman–Crippen LogP) is 0.695. The van der Waals surface area contributed by atoms with Gasteiger partial charge in [-0.3, -0.25) is 9.05 Å². The number of ether oxygens (including phenoxy) is 2. The van der Waals surface area contributed by atoms with Crippen LogP contribution in [0.1, 0.15) is 0 Å². The Bertz CT molecular complexity index is 483. The minimum Gasteiger partial charge on any atom is -0.460 e. The van der Waals surface area contributed by atoms with Crippen LogP contribution in [0.3, 0.4) is 0 Å². The van der Waals surface area contributed by atoms with E-state index in [-0.39, 0.29) is 0 Å². The van der Waals surface area contributed by atoms with Crippen LogP contribution in [0, 0.1) is 0 Å². The largest absolute Gasteiger partial charge is 0.481 e. The van der Waals surface area contributed by atoms with Gasteiger partial charge in [-0.2, -0.15) is 4.31 Å². The molecule has 2 unspecified atom stereocenters. The summed E-state index contributed by atoms with van der Waals surface area (Å²) in [6.45, 7) is 4.26. The summed E-state index contributed by atoms with van der Waals surface area (Å²) in [5, 5.41) is 0. The molecule has 11 nitrogen and oxygen atoms in total. The maximum Gasteiger partial charge on any atom is 0.481 e. The fourth-order valence-electron chi connectivity index (χ4n) is 0.885. The van der Waals surface area contributed by atoms with E-state index in [9.17, 15) is 28.5 Å². The van der Waals surface area contributed by atoms with E-state index < -0.39 is 54.0 Å². The summed E-state index contributed by atoms with van der Waals surface area (Å²) in [7, 11) is -9.87. The van der Waals surface area contributed by atoms with Crippen molar-refractivity contribution in [1.29, 1.82) is 0 Å². The molecule has 0 bridgehead atoms. The van der Waals surface area contributed by atoms with E-state index in [1.807, 2.05) is 0 Å². The van der Waals surface area contributed by atoms with Gasteiger partial charge in [-0.05, 0) is 0 Å². The molecule has 0 saturated carbocycles. The van der Waals surface area contributed by atoms with Gasteiger partial charge in [0.15, 0.2) is 0 Å². The maximum atomic E-state index is 11.4. The normalized spacial score (nSPS) is 15.7. The number of phosphoric acid groups is 2. The molecule has 0 heterocycles. The third kappa shape index (κ3) is 11.8. The van der Waals surface area contributed by atoms with Gasteiger partial charge >= 0.3 is 27.6 Å². The zero-order valence-corrected chi connectivity index (χ0v) is 13.6. The van der Waals surface area contributed by atoms with Gasteiger partial charge in [0.25, 0.3) is 0 Å². The summed E-state index contributed by atoms with van der Waals surface area (Å²) in [6.07, 6.45) is 1.73. The van der Waals surface area contributed by atoms with Crippen LogP contribution in [0.4, 0.5) is 0 Å². The van der Waals surface area contributed by atoms with Crippen LogP contribution in [-0.2, 0) is 41.6 Å². The standard InChI is InChI=1S/C10H16O11P2/c1-3-9(11)17-5-7-19-22(13,14)21-23(15,16)20-8-6-18-10(12)4-2/h3-4H,1-2,5-8H2,(H,13,14)(H,15,16). The summed E-state index contributed by atoms with van der Waals surface area (Å²) in [6, 6.07) is 0. The number of esters is 2. The van der Waals surface area contributed by atoms with Crippen molar-refractivity contribution in [3.8, 4) is 0 Å². The van der Waals surface area contributed by atoms with E-state index in [0.29, 0.717) is 0 Å². The molecule has 0 amide bonds. The van der Waals surface area contributed by atoms with Crippen LogP contribution in [0.5, 0.6) is 0 Å². The molecule has 0 spiro atoms. The van der Waals surface area contributed by atoms with E-state index in [1.54, 1.807) is 0 Å². The average molecular weight is 374 g/mol. The first-order valence-corrected chi connectivity index (χ1v) is 8.85. The number of rotatable bonds is 12. The molecule has 0 radical (unpaired) electrons. The molecular weight excluding hydrogens is 358 g/mol. The lowest BCUT2D eigenvalue weighted by Gasteiger charge is -2.15. The molecular formula is C10H16O11P2. The predicted molar refractivity (Wildman–Crippen MR) is 75.0 cm³/mol. The van der Waals surface area contributed by atoms with Gasteiger partial charge < -0.3 is 19.3 Å². The molecule has 13 heteroatoms. The third-order valence-corrected chi connectivity index (χ3v) is 4.37. The van der Waals surface area contributed by atoms with Gasteiger partial charge in [0, 0.05) is 12.2 Å². The minimum absolute atomic E-state index is 0.410. The van der Waals surface area contributed by atoms with Gasteiger partial charge in [-0.15, -0.1) is 0 Å². The van der Waals surface area contributed by atoms with Gasteiger partial charge in [-0.1, -0.05) is 13.2 Å². The van der Waals surface area contributed by atoms with E-state index in [0.717, 1.165) is 12.2 Å². The van der Waals surface area contributed by atoms with Crippen molar-refractivity contribution in [1.82, 2.24) is 0 Å². The SMILES string of the molecule is C=CC(=O)OCCOP(=O)(O)OP(=O)(O)OCCOC(=O)C=C. The van der Waals surface area contributed by atoms with E-state index in [2.05, 4.69) is 36.0 Å². The van der Waals surface area contributed by atoms with Crippen LogP contribution in [0.15, 0.2) is 25.3 Å². The van der Waals surface area contributed by atoms with Crippen molar-refractivity contribution in [2.75, 3.05) is 26.4 Å². The van der Waals surface area contributed by atoms with Gasteiger partial charge in [0.1, 0.15) is 13.2 Å². The Labute approximate surface area is 131 Å². The van der Waals surface area contributed by atoms with Crippen LogP contribution >= 0.6 is 15.6 Å². The van der Waals surface area contributed by atoms with Crippen molar-refractivity contribution in [3.63, 3.8) is 0 Å². The van der Waals surface area contributed by atoms with E-state index in [4.69, 9.17) is 0 Å². The van der Waals surface area contributed by atoms with Crippen LogP contribution in [0.25, 0.3) is 0 Å². The molecule has 0 fully saturated rings. The molecule has 0 aromatic carbocycles. The van der Waals surface area contributed by atoms with Crippen molar-refractivity contribution in [3.05, 3.63) is 25.3 Å². The van der Waals surface area contributed by atoms with Crippen molar-refractivity contribution < 1.29 is 51.3 Å². The zero-order valence-electron chi connectivity index (χ0n) is 11.9. The van der Waals surface area contributed by atoms with Crippen molar-refractivity contribution >= 4 is 27.6 Å². The fourth-order valence-corrected chi connectivity index (χ4v) is 2.92. The second-order valence-corrected chi connectivity index (χ2v) is 6.47. The Hall–Kier alpha value is -1.32. The third-order valence-electron chi connectivity index (χ3n) is 1.70. The highest BCUT2D eigenvalue weighted by atomic mass is 31.3. The summed E-state index contributed by atoms with van der Waals surface area (Å²) in [5.41, 5.74) is 0. The van der Waals surface area contributed by atoms with Crippen LogP contribution in [0.2, 0.25) is 0 Å². The lowest BCUT2D eigenvalue weighted by Crippen LogP contribution is -2.09. The maximum absolute atomic E-state index is 11.4. The van der Waals surface area contributed by atoms with Gasteiger partial charge in [0.2, 0.25) is 0 Å². The van der Waals surface area contributed by atoms with Crippen molar-refractivity contribution in [2.45, 2.75) is 0 Å². The topological polar surface area (TPSA) is 155 Å². The minimum atomic E-state index is -4.94. The first-order valence-electron chi connectivity index (χ1n) is 5.86. The summed E-state index contributed by atoms with van der Waals surface area (Å²) < 4.78 is 44.1. The first-order chi connectivity index (χ1) is 10.6. The highest BCUT2D eigenvalue weighted by molar-refractivity contribution is 7.61. The molecule has 0 aromatic heterocycles. The smallest absolute Gasteiger partial charge is 0.460 e.